The molecule has 26 heavy (non-hydrogen) atoms. The normalized spacial score (nSPS) is 10.5. The Kier molecular flexibility index (Phi) is 5.71. The molecule has 0 saturated heterocycles. The molecule has 0 saturated carbocycles. The van der Waals surface area contributed by atoms with E-state index in [4.69, 9.17) is 9.68 Å². The number of nitrogens with zero attached hydrogens (tertiary/aromatic N) is 4. The topological polar surface area (TPSA) is 96.7 Å². The van der Waals surface area contributed by atoms with Crippen molar-refractivity contribution >= 4 is 23.4 Å². The van der Waals surface area contributed by atoms with Crippen LogP contribution >= 0.6 is 11.8 Å². The van der Waals surface area contributed by atoms with Crippen LogP contribution in [-0.4, -0.2) is 26.4 Å². The molecule has 2 aromatic heterocycles. The summed E-state index contributed by atoms with van der Waals surface area (Å²) in [6.07, 6.45) is 1.95. The average Bonchev–Trinajstić information content (AvgIpc) is 3.31. The van der Waals surface area contributed by atoms with Crippen LogP contribution in [0.1, 0.15) is 12.5 Å². The van der Waals surface area contributed by atoms with Crippen molar-refractivity contribution in [3.63, 3.8) is 0 Å². The lowest BCUT2D eigenvalue weighted by molar-refractivity contribution is -0.113. The first-order chi connectivity index (χ1) is 12.7. The maximum atomic E-state index is 12.2. The molecule has 0 aliphatic carbocycles. The van der Waals surface area contributed by atoms with Crippen molar-refractivity contribution in [2.45, 2.75) is 25.0 Å². The number of benzene rings is 1. The molecule has 0 aliphatic heterocycles. The summed E-state index contributed by atoms with van der Waals surface area (Å²) in [6, 6.07) is 13.0. The van der Waals surface area contributed by atoms with E-state index in [1.807, 2.05) is 29.7 Å². The lowest BCUT2D eigenvalue weighted by Crippen LogP contribution is -2.14. The Bertz CT molecular complexity index is 910. The zero-order valence-corrected chi connectivity index (χ0v) is 15.0. The molecule has 3 aromatic rings. The number of rotatable bonds is 7. The third kappa shape index (κ3) is 4.13. The van der Waals surface area contributed by atoms with Gasteiger partial charge in [0.05, 0.1) is 24.5 Å². The molecule has 0 aliphatic rings. The van der Waals surface area contributed by atoms with Crippen molar-refractivity contribution in [2.24, 2.45) is 0 Å². The molecule has 0 fully saturated rings. The maximum Gasteiger partial charge on any atom is 0.234 e. The molecule has 132 valence electrons. The summed E-state index contributed by atoms with van der Waals surface area (Å²) >= 11 is 1.32. The first kappa shape index (κ1) is 17.8. The minimum Gasteiger partial charge on any atom is -0.461 e. The zero-order chi connectivity index (χ0) is 18.4. The smallest absolute Gasteiger partial charge is 0.234 e. The van der Waals surface area contributed by atoms with E-state index in [9.17, 15) is 4.79 Å². The van der Waals surface area contributed by atoms with Crippen LogP contribution in [0.3, 0.4) is 0 Å². The SMILES string of the molecule is CCn1c(SCC(=O)Nc2ccc(CC#N)cc2)nnc1-c1ccco1. The number of hydrogen-bond acceptors (Lipinski definition) is 6. The van der Waals surface area contributed by atoms with E-state index < -0.39 is 0 Å². The largest absolute Gasteiger partial charge is 0.461 e. The fourth-order valence-electron chi connectivity index (χ4n) is 2.39. The molecule has 1 aromatic carbocycles. The molecular weight excluding hydrogens is 350 g/mol. The van der Waals surface area contributed by atoms with E-state index >= 15 is 0 Å². The molecule has 0 spiro atoms. The molecule has 0 unspecified atom stereocenters. The molecule has 7 nitrogen and oxygen atoms in total. The van der Waals surface area contributed by atoms with Gasteiger partial charge in [0.25, 0.3) is 0 Å². The van der Waals surface area contributed by atoms with E-state index in [-0.39, 0.29) is 11.7 Å². The van der Waals surface area contributed by atoms with Crippen molar-refractivity contribution in [3.8, 4) is 17.7 Å². The fraction of sp³-hybridized carbons (Fsp3) is 0.222. The molecule has 1 amide bonds. The lowest BCUT2D eigenvalue weighted by Gasteiger charge is -2.07. The average molecular weight is 367 g/mol. The van der Waals surface area contributed by atoms with Crippen LogP contribution in [0, 0.1) is 11.3 Å². The number of carbonyl (C=O) groups excluding carboxylic acids is 1. The number of aromatic nitrogens is 3. The number of nitrogens with one attached hydrogen (secondary N) is 1. The molecule has 1 N–H and O–H groups in total. The van der Waals surface area contributed by atoms with Crippen LogP contribution in [0.15, 0.2) is 52.2 Å². The molecule has 0 bridgehead atoms. The van der Waals surface area contributed by atoms with Crippen molar-refractivity contribution in [1.29, 1.82) is 5.26 Å². The fourth-order valence-corrected chi connectivity index (χ4v) is 3.20. The van der Waals surface area contributed by atoms with Crippen molar-refractivity contribution in [3.05, 3.63) is 48.2 Å². The molecule has 3 rings (SSSR count). The van der Waals surface area contributed by atoms with E-state index in [1.165, 1.54) is 11.8 Å². The van der Waals surface area contributed by atoms with Gasteiger partial charge in [-0.2, -0.15) is 5.26 Å². The van der Waals surface area contributed by atoms with Crippen molar-refractivity contribution in [2.75, 3.05) is 11.1 Å². The third-order valence-corrected chi connectivity index (χ3v) is 4.59. The quantitative estimate of drug-likeness (QED) is 0.643. The standard InChI is InChI=1S/C18H17N5O2S/c1-2-23-17(15-4-3-11-25-15)21-22-18(23)26-12-16(24)20-14-7-5-13(6-8-14)9-10-19/h3-8,11H,2,9,12H2,1H3,(H,20,24). The first-order valence-electron chi connectivity index (χ1n) is 8.07. The second-order valence-electron chi connectivity index (χ2n) is 5.40. The summed E-state index contributed by atoms with van der Waals surface area (Å²) in [5.74, 6) is 1.38. The number of nitriles is 1. The molecule has 0 radical (unpaired) electrons. The summed E-state index contributed by atoms with van der Waals surface area (Å²) in [7, 11) is 0. The Hall–Kier alpha value is -3.05. The highest BCUT2D eigenvalue weighted by Crippen LogP contribution is 2.24. The highest BCUT2D eigenvalue weighted by Gasteiger charge is 2.16. The van der Waals surface area contributed by atoms with Gasteiger partial charge in [-0.05, 0) is 36.8 Å². The lowest BCUT2D eigenvalue weighted by atomic mass is 10.1. The second-order valence-corrected chi connectivity index (χ2v) is 6.34. The van der Waals surface area contributed by atoms with Crippen LogP contribution in [0.4, 0.5) is 5.69 Å². The highest BCUT2D eigenvalue weighted by molar-refractivity contribution is 7.99. The predicted molar refractivity (Wildman–Crippen MR) is 98.5 cm³/mol. The number of hydrogen-bond donors (Lipinski definition) is 1. The van der Waals surface area contributed by atoms with Crippen LogP contribution in [-0.2, 0) is 17.8 Å². The van der Waals surface area contributed by atoms with Gasteiger partial charge in [0, 0.05) is 12.2 Å². The first-order valence-corrected chi connectivity index (χ1v) is 9.05. The summed E-state index contributed by atoms with van der Waals surface area (Å²) in [5.41, 5.74) is 1.62. The summed E-state index contributed by atoms with van der Waals surface area (Å²) in [6.45, 7) is 2.66. The minimum absolute atomic E-state index is 0.131. The summed E-state index contributed by atoms with van der Waals surface area (Å²) in [4.78, 5) is 12.2. The maximum absolute atomic E-state index is 12.2. The number of carbonyl (C=O) groups is 1. The third-order valence-electron chi connectivity index (χ3n) is 3.63. The van der Waals surface area contributed by atoms with Gasteiger partial charge in [0.2, 0.25) is 5.91 Å². The Morgan fingerprint density at radius 3 is 2.77 bits per heavy atom. The van der Waals surface area contributed by atoms with Crippen LogP contribution in [0.2, 0.25) is 0 Å². The molecule has 8 heteroatoms. The predicted octanol–water partition coefficient (Wildman–Crippen LogP) is 3.35. The Morgan fingerprint density at radius 1 is 1.31 bits per heavy atom. The molecular formula is C18H17N5O2S. The van der Waals surface area contributed by atoms with E-state index in [1.54, 1.807) is 24.5 Å². The van der Waals surface area contributed by atoms with Crippen LogP contribution < -0.4 is 5.32 Å². The number of anilines is 1. The van der Waals surface area contributed by atoms with E-state index in [0.29, 0.717) is 35.4 Å². The van der Waals surface area contributed by atoms with Gasteiger partial charge in [-0.15, -0.1) is 10.2 Å². The Labute approximate surface area is 155 Å². The van der Waals surface area contributed by atoms with E-state index in [2.05, 4.69) is 21.6 Å². The number of amides is 1. The zero-order valence-electron chi connectivity index (χ0n) is 14.2. The Morgan fingerprint density at radius 2 is 2.12 bits per heavy atom. The van der Waals surface area contributed by atoms with Gasteiger partial charge in [-0.3, -0.25) is 9.36 Å². The van der Waals surface area contributed by atoms with Crippen molar-refractivity contribution in [1.82, 2.24) is 14.8 Å². The van der Waals surface area contributed by atoms with Crippen molar-refractivity contribution < 1.29 is 9.21 Å². The van der Waals surface area contributed by atoms with Gasteiger partial charge < -0.3 is 9.73 Å². The van der Waals surface area contributed by atoms with E-state index in [0.717, 1.165) is 5.56 Å². The highest BCUT2D eigenvalue weighted by atomic mass is 32.2. The Balaban J connectivity index is 1.60. The summed E-state index contributed by atoms with van der Waals surface area (Å²) in [5, 5.41) is 20.5. The van der Waals surface area contributed by atoms with Gasteiger partial charge in [-0.1, -0.05) is 23.9 Å². The monoisotopic (exact) mass is 367 g/mol. The van der Waals surface area contributed by atoms with Crippen LogP contribution in [0.25, 0.3) is 11.6 Å². The van der Waals surface area contributed by atoms with Gasteiger partial charge in [-0.25, -0.2) is 0 Å². The molecule has 2 heterocycles. The second kappa shape index (κ2) is 8.36. The number of furan rings is 1. The van der Waals surface area contributed by atoms with Gasteiger partial charge in [0.1, 0.15) is 0 Å². The van der Waals surface area contributed by atoms with Crippen LogP contribution in [0.5, 0.6) is 0 Å². The van der Waals surface area contributed by atoms with Gasteiger partial charge in [0.15, 0.2) is 16.7 Å². The van der Waals surface area contributed by atoms with Gasteiger partial charge >= 0.3 is 0 Å². The molecule has 0 atom stereocenters. The summed E-state index contributed by atoms with van der Waals surface area (Å²) < 4.78 is 7.29. The number of thioether (sulfide) groups is 1. The minimum atomic E-state index is -0.131.